The number of furan rings is 1. The molecule has 0 bridgehead atoms. The fourth-order valence-corrected chi connectivity index (χ4v) is 2.27. The Kier molecular flexibility index (Phi) is 2.63. The summed E-state index contributed by atoms with van der Waals surface area (Å²) in [5, 5.41) is 0.846. The van der Waals surface area contributed by atoms with E-state index in [1.54, 1.807) is 26.4 Å². The van der Waals surface area contributed by atoms with Crippen molar-refractivity contribution in [3.8, 4) is 17.2 Å². The predicted octanol–water partition coefficient (Wildman–Crippen LogP) is 3.64. The maximum Gasteiger partial charge on any atom is 0.162 e. The van der Waals surface area contributed by atoms with Crippen LogP contribution in [0, 0.1) is 0 Å². The maximum absolute atomic E-state index is 11.9. The third-order valence-electron chi connectivity index (χ3n) is 3.13. The van der Waals surface area contributed by atoms with Gasteiger partial charge in [0.15, 0.2) is 11.5 Å². The molecule has 0 saturated heterocycles. The lowest BCUT2D eigenvalue weighted by atomic mass is 10.1. The Morgan fingerprint density at radius 3 is 2.79 bits per heavy atom. The molecular weight excluding hydrogens is 242 g/mol. The highest BCUT2D eigenvalue weighted by atomic mass is 16.5. The van der Waals surface area contributed by atoms with E-state index < -0.39 is 0 Å². The van der Waals surface area contributed by atoms with E-state index in [2.05, 4.69) is 4.98 Å². The number of fused-ring (bicyclic) bond motifs is 1. The van der Waals surface area contributed by atoms with Crippen molar-refractivity contribution in [2.45, 2.75) is 6.92 Å². The van der Waals surface area contributed by atoms with Gasteiger partial charge in [-0.2, -0.15) is 0 Å². The van der Waals surface area contributed by atoms with Crippen LogP contribution in [0.5, 0.6) is 5.75 Å². The van der Waals surface area contributed by atoms with Crippen LogP contribution in [0.25, 0.3) is 22.4 Å². The quantitative estimate of drug-likeness (QED) is 0.727. The van der Waals surface area contributed by atoms with Crippen LogP contribution < -0.4 is 4.74 Å². The zero-order chi connectivity index (χ0) is 13.4. The van der Waals surface area contributed by atoms with Gasteiger partial charge in [-0.1, -0.05) is 0 Å². The molecule has 0 fully saturated rings. The van der Waals surface area contributed by atoms with Crippen LogP contribution in [0.2, 0.25) is 0 Å². The number of aromatic nitrogens is 1. The number of benzene rings is 1. The van der Waals surface area contributed by atoms with E-state index >= 15 is 0 Å². The molecule has 0 aliphatic heterocycles. The molecule has 3 rings (SSSR count). The van der Waals surface area contributed by atoms with Crippen molar-refractivity contribution in [3.63, 3.8) is 0 Å². The van der Waals surface area contributed by atoms with Crippen molar-refractivity contribution in [1.29, 1.82) is 0 Å². The molecule has 1 aromatic carbocycles. The van der Waals surface area contributed by atoms with Gasteiger partial charge in [0.1, 0.15) is 5.75 Å². The molecule has 4 nitrogen and oxygen atoms in total. The first-order valence-corrected chi connectivity index (χ1v) is 5.95. The Morgan fingerprint density at radius 2 is 2.16 bits per heavy atom. The highest BCUT2D eigenvalue weighted by Crippen LogP contribution is 2.32. The van der Waals surface area contributed by atoms with Crippen LogP contribution in [0.1, 0.15) is 17.3 Å². The molecule has 0 radical (unpaired) electrons. The summed E-state index contributed by atoms with van der Waals surface area (Å²) in [6.07, 6.45) is 1.59. The van der Waals surface area contributed by atoms with E-state index in [-0.39, 0.29) is 5.78 Å². The average Bonchev–Trinajstić information content (AvgIpc) is 3.04. The van der Waals surface area contributed by atoms with E-state index in [0.717, 1.165) is 16.7 Å². The first kappa shape index (κ1) is 11.6. The van der Waals surface area contributed by atoms with E-state index in [0.29, 0.717) is 17.0 Å². The predicted molar refractivity (Wildman–Crippen MR) is 72.6 cm³/mol. The summed E-state index contributed by atoms with van der Waals surface area (Å²) in [7, 11) is 1.61. The van der Waals surface area contributed by atoms with Crippen LogP contribution in [-0.2, 0) is 0 Å². The largest absolute Gasteiger partial charge is 0.497 e. The number of rotatable bonds is 3. The van der Waals surface area contributed by atoms with Crippen LogP contribution >= 0.6 is 0 Å². The minimum absolute atomic E-state index is 0.00842. The zero-order valence-electron chi connectivity index (χ0n) is 10.7. The van der Waals surface area contributed by atoms with E-state index in [9.17, 15) is 4.79 Å². The number of ether oxygens (including phenoxy) is 1. The third kappa shape index (κ3) is 1.81. The molecule has 0 atom stereocenters. The molecule has 0 saturated carbocycles. The van der Waals surface area contributed by atoms with E-state index in [1.165, 1.54) is 0 Å². The van der Waals surface area contributed by atoms with Crippen molar-refractivity contribution in [2.75, 3.05) is 7.11 Å². The molecule has 1 N–H and O–H groups in total. The number of hydrogen-bond acceptors (Lipinski definition) is 3. The van der Waals surface area contributed by atoms with Gasteiger partial charge in [0.05, 0.1) is 24.6 Å². The van der Waals surface area contributed by atoms with E-state index in [1.807, 2.05) is 24.3 Å². The van der Waals surface area contributed by atoms with E-state index in [4.69, 9.17) is 9.15 Å². The Labute approximate surface area is 110 Å². The number of carbonyl (C=O) groups is 1. The second kappa shape index (κ2) is 4.31. The second-order valence-corrected chi connectivity index (χ2v) is 4.32. The Balaban J connectivity index is 2.34. The normalized spacial score (nSPS) is 10.8. The Morgan fingerprint density at radius 1 is 1.32 bits per heavy atom. The fourth-order valence-electron chi connectivity index (χ4n) is 2.27. The van der Waals surface area contributed by atoms with Gasteiger partial charge in [0.25, 0.3) is 0 Å². The van der Waals surface area contributed by atoms with Gasteiger partial charge in [0.2, 0.25) is 0 Å². The van der Waals surface area contributed by atoms with Gasteiger partial charge < -0.3 is 14.1 Å². The van der Waals surface area contributed by atoms with Crippen molar-refractivity contribution < 1.29 is 13.9 Å². The molecule has 0 aliphatic rings. The summed E-state index contributed by atoms with van der Waals surface area (Å²) in [5.41, 5.74) is 2.22. The SMILES string of the molecule is COc1ccc2[nH]c(-c3ccco3)c(C(C)=O)c2c1. The molecule has 0 amide bonds. The number of H-pyrrole nitrogens is 1. The minimum atomic E-state index is -0.00842. The number of aromatic amines is 1. The monoisotopic (exact) mass is 255 g/mol. The van der Waals surface area contributed by atoms with Crippen LogP contribution in [-0.4, -0.2) is 17.9 Å². The number of carbonyl (C=O) groups excluding carboxylic acids is 1. The summed E-state index contributed by atoms with van der Waals surface area (Å²) in [6.45, 7) is 1.55. The van der Waals surface area contributed by atoms with Crippen LogP contribution in [0.15, 0.2) is 41.0 Å². The number of Topliss-reactive ketones (excluding diaryl/α,β-unsaturated/α-hetero) is 1. The standard InChI is InChI=1S/C15H13NO3/c1-9(17)14-11-8-10(18-2)5-6-12(11)16-15(14)13-4-3-7-19-13/h3-8,16H,1-2H3. The molecule has 3 aromatic rings. The smallest absolute Gasteiger partial charge is 0.162 e. The number of nitrogens with one attached hydrogen (secondary N) is 1. The molecule has 0 spiro atoms. The maximum atomic E-state index is 11.9. The van der Waals surface area contributed by atoms with Gasteiger partial charge in [0, 0.05) is 10.9 Å². The lowest BCUT2D eigenvalue weighted by Gasteiger charge is -2.00. The molecule has 4 heteroatoms. The number of methoxy groups -OCH3 is 1. The highest BCUT2D eigenvalue weighted by Gasteiger charge is 2.18. The first-order valence-electron chi connectivity index (χ1n) is 5.95. The fraction of sp³-hybridized carbons (Fsp3) is 0.133. The summed E-state index contributed by atoms with van der Waals surface area (Å²) < 4.78 is 10.6. The van der Waals surface area contributed by atoms with Crippen molar-refractivity contribution >= 4 is 16.7 Å². The van der Waals surface area contributed by atoms with Crippen LogP contribution in [0.3, 0.4) is 0 Å². The van der Waals surface area contributed by atoms with Crippen LogP contribution in [0.4, 0.5) is 0 Å². The molecular formula is C15H13NO3. The number of ketones is 1. The van der Waals surface area contributed by atoms with Crippen molar-refractivity contribution in [3.05, 3.63) is 42.2 Å². The number of hydrogen-bond donors (Lipinski definition) is 1. The molecule has 2 aromatic heterocycles. The Hall–Kier alpha value is -2.49. The lowest BCUT2D eigenvalue weighted by Crippen LogP contribution is -1.93. The summed E-state index contributed by atoms with van der Waals surface area (Å²) in [4.78, 5) is 15.2. The van der Waals surface area contributed by atoms with Gasteiger partial charge in [-0.05, 0) is 37.3 Å². The summed E-state index contributed by atoms with van der Waals surface area (Å²) in [6, 6.07) is 9.23. The average molecular weight is 255 g/mol. The van der Waals surface area contributed by atoms with Gasteiger partial charge >= 0.3 is 0 Å². The molecule has 0 unspecified atom stereocenters. The summed E-state index contributed by atoms with van der Waals surface area (Å²) >= 11 is 0. The van der Waals surface area contributed by atoms with Gasteiger partial charge in [-0.15, -0.1) is 0 Å². The zero-order valence-corrected chi connectivity index (χ0v) is 10.7. The molecule has 0 aliphatic carbocycles. The molecule has 2 heterocycles. The summed E-state index contributed by atoms with van der Waals surface area (Å²) in [5.74, 6) is 1.37. The van der Waals surface area contributed by atoms with Crippen molar-refractivity contribution in [1.82, 2.24) is 4.98 Å². The topological polar surface area (TPSA) is 55.2 Å². The third-order valence-corrected chi connectivity index (χ3v) is 3.13. The molecule has 96 valence electrons. The lowest BCUT2D eigenvalue weighted by molar-refractivity contribution is 0.101. The van der Waals surface area contributed by atoms with Gasteiger partial charge in [-0.25, -0.2) is 0 Å². The highest BCUT2D eigenvalue weighted by molar-refractivity contribution is 6.12. The minimum Gasteiger partial charge on any atom is -0.497 e. The van der Waals surface area contributed by atoms with Crippen molar-refractivity contribution in [2.24, 2.45) is 0 Å². The Bertz CT molecular complexity index is 738. The van der Waals surface area contributed by atoms with Gasteiger partial charge in [-0.3, -0.25) is 4.79 Å². The second-order valence-electron chi connectivity index (χ2n) is 4.32. The molecule has 19 heavy (non-hydrogen) atoms. The first-order chi connectivity index (χ1) is 9.20.